The maximum atomic E-state index is 14.1. The van der Waals surface area contributed by atoms with Crippen molar-refractivity contribution in [3.05, 3.63) is 41.4 Å². The third-order valence-corrected chi connectivity index (χ3v) is 6.91. The first-order valence-corrected chi connectivity index (χ1v) is 12.6. The quantitative estimate of drug-likeness (QED) is 0.414. The predicted molar refractivity (Wildman–Crippen MR) is 136 cm³/mol. The molecule has 0 radical (unpaired) electrons. The van der Waals surface area contributed by atoms with E-state index >= 15 is 0 Å². The zero-order chi connectivity index (χ0) is 26.8. The minimum absolute atomic E-state index is 0.0108. The highest BCUT2D eigenvalue weighted by Crippen LogP contribution is 2.33. The van der Waals surface area contributed by atoms with Crippen LogP contribution >= 0.6 is 0 Å². The summed E-state index contributed by atoms with van der Waals surface area (Å²) >= 11 is 0. The van der Waals surface area contributed by atoms with E-state index in [0.29, 0.717) is 42.0 Å². The first-order valence-electron chi connectivity index (χ1n) is 12.6. The number of benzene rings is 1. The van der Waals surface area contributed by atoms with Crippen molar-refractivity contribution in [3.63, 3.8) is 0 Å². The van der Waals surface area contributed by atoms with Crippen LogP contribution in [0.1, 0.15) is 45.0 Å². The zero-order valence-electron chi connectivity index (χ0n) is 21.6. The molecule has 1 amide bonds. The summed E-state index contributed by atoms with van der Waals surface area (Å²) in [7, 11) is 0. The Morgan fingerprint density at radius 3 is 2.61 bits per heavy atom. The number of nitrogens with one attached hydrogen (secondary N) is 2. The zero-order valence-corrected chi connectivity index (χ0v) is 21.6. The second-order valence-electron chi connectivity index (χ2n) is 10.9. The average molecular weight is 526 g/mol. The number of aryl methyl sites for hydroxylation is 1. The predicted octanol–water partition coefficient (Wildman–Crippen LogP) is 3.79. The van der Waals surface area contributed by atoms with Crippen molar-refractivity contribution in [2.45, 2.75) is 64.8 Å². The van der Waals surface area contributed by atoms with Gasteiger partial charge in [0, 0.05) is 18.7 Å². The van der Waals surface area contributed by atoms with Gasteiger partial charge in [-0.1, -0.05) is 0 Å². The Bertz CT molecular complexity index is 1530. The van der Waals surface area contributed by atoms with Crippen molar-refractivity contribution in [2.24, 2.45) is 0 Å². The van der Waals surface area contributed by atoms with Crippen LogP contribution < -0.4 is 10.2 Å². The van der Waals surface area contributed by atoms with E-state index in [9.17, 15) is 13.6 Å². The van der Waals surface area contributed by atoms with Crippen LogP contribution in [0.15, 0.2) is 18.3 Å². The first kappa shape index (κ1) is 24.3. The number of hydrogen-bond acceptors (Lipinski definition) is 8. The lowest BCUT2D eigenvalue weighted by Crippen LogP contribution is -2.57. The van der Waals surface area contributed by atoms with Gasteiger partial charge in [0.05, 0.1) is 30.3 Å². The van der Waals surface area contributed by atoms with Crippen molar-refractivity contribution >= 4 is 34.7 Å². The second-order valence-corrected chi connectivity index (χ2v) is 10.9. The third-order valence-electron chi connectivity index (χ3n) is 6.91. The molecule has 2 N–H and O–H groups in total. The Balaban J connectivity index is 1.25. The molecule has 6 rings (SSSR count). The van der Waals surface area contributed by atoms with Gasteiger partial charge >= 0.3 is 6.09 Å². The Morgan fingerprint density at radius 1 is 1.16 bits per heavy atom. The number of hydrogen-bond donors (Lipinski definition) is 2. The minimum Gasteiger partial charge on any atom is -0.444 e. The van der Waals surface area contributed by atoms with E-state index in [1.165, 1.54) is 6.07 Å². The summed E-state index contributed by atoms with van der Waals surface area (Å²) in [5.74, 6) is -0.544. The van der Waals surface area contributed by atoms with Gasteiger partial charge in [-0.3, -0.25) is 4.90 Å². The van der Waals surface area contributed by atoms with Crippen molar-refractivity contribution < 1.29 is 18.3 Å². The maximum absolute atomic E-state index is 14.1. The topological polar surface area (TPSA) is 117 Å². The van der Waals surface area contributed by atoms with Crippen LogP contribution in [-0.2, 0) is 11.3 Å². The fourth-order valence-electron chi connectivity index (χ4n) is 5.23. The monoisotopic (exact) mass is 525 g/mol. The van der Waals surface area contributed by atoms with Gasteiger partial charge in [-0.15, -0.1) is 0 Å². The highest BCUT2D eigenvalue weighted by molar-refractivity contribution is 5.76. The van der Waals surface area contributed by atoms with Gasteiger partial charge in [-0.2, -0.15) is 19.6 Å². The number of halogens is 2. The smallest absolute Gasteiger partial charge is 0.410 e. The lowest BCUT2D eigenvalue weighted by atomic mass is 10.2. The van der Waals surface area contributed by atoms with Gasteiger partial charge in [-0.25, -0.2) is 18.6 Å². The maximum Gasteiger partial charge on any atom is 0.410 e. The molecular weight excluding hydrogens is 496 g/mol. The van der Waals surface area contributed by atoms with Crippen molar-refractivity contribution in [1.29, 1.82) is 0 Å². The molecule has 2 unspecified atom stereocenters. The van der Waals surface area contributed by atoms with E-state index in [1.807, 2.05) is 32.6 Å². The number of amides is 1. The van der Waals surface area contributed by atoms with Crippen LogP contribution in [-0.4, -0.2) is 71.3 Å². The molecule has 2 saturated heterocycles. The first-order chi connectivity index (χ1) is 18.1. The highest BCUT2D eigenvalue weighted by Gasteiger charge is 2.45. The normalized spacial score (nSPS) is 19.5. The molecule has 200 valence electrons. The molecule has 0 aliphatic carbocycles. The summed E-state index contributed by atoms with van der Waals surface area (Å²) in [6, 6.07) is 2.54. The van der Waals surface area contributed by atoms with Gasteiger partial charge in [0.2, 0.25) is 11.9 Å². The minimum atomic E-state index is -0.987. The number of fused-ring (bicyclic) bond motifs is 4. The standard InChI is InChI=1S/C25H29F2N9O2/c1-13-9-29-36-21(13)32-23(34-11-14-5-6-15(12-34)35(14)24(37)38-25(2,3)4)33-22(36)28-10-18-30-17-8-7-16(26)19(27)20(17)31-18/h7-9,14-15H,5-6,10-12H2,1-4H3,(H,30,31)(H,28,32,33). The van der Waals surface area contributed by atoms with Crippen LogP contribution in [0.25, 0.3) is 16.7 Å². The van der Waals surface area contributed by atoms with Gasteiger partial charge in [-0.05, 0) is 52.7 Å². The van der Waals surface area contributed by atoms with E-state index in [0.717, 1.165) is 24.5 Å². The summed E-state index contributed by atoms with van der Waals surface area (Å²) in [5, 5.41) is 7.61. The third kappa shape index (κ3) is 4.25. The molecule has 2 aliphatic heterocycles. The fourth-order valence-corrected chi connectivity index (χ4v) is 5.23. The molecule has 5 heterocycles. The van der Waals surface area contributed by atoms with Crippen LogP contribution in [0.3, 0.4) is 0 Å². The van der Waals surface area contributed by atoms with Crippen LogP contribution in [0.4, 0.5) is 25.5 Å². The molecule has 0 spiro atoms. The Labute approximate surface area is 217 Å². The SMILES string of the molecule is Cc1cnn2c(NCc3nc4c(F)c(F)ccc4[nH]3)nc(N3CC4CCC(C3)N4C(=O)OC(C)(C)C)nc12. The summed E-state index contributed by atoms with van der Waals surface area (Å²) in [5.41, 5.74) is 1.33. The number of H-pyrrole nitrogens is 1. The Kier molecular flexibility index (Phi) is 5.61. The molecule has 0 saturated carbocycles. The number of rotatable bonds is 4. The molecule has 38 heavy (non-hydrogen) atoms. The Morgan fingerprint density at radius 2 is 1.89 bits per heavy atom. The van der Waals surface area contributed by atoms with E-state index < -0.39 is 17.2 Å². The van der Waals surface area contributed by atoms with E-state index in [1.54, 1.807) is 10.7 Å². The Hall–Kier alpha value is -4.03. The number of aromatic nitrogens is 6. The number of carbonyl (C=O) groups is 1. The number of anilines is 2. The average Bonchev–Trinajstić information content (AvgIpc) is 3.53. The lowest BCUT2D eigenvalue weighted by molar-refractivity contribution is 0.0122. The summed E-state index contributed by atoms with van der Waals surface area (Å²) in [6.45, 7) is 8.89. The second kappa shape index (κ2) is 8.77. The number of aromatic amines is 1. The number of imidazole rings is 1. The number of ether oxygens (including phenoxy) is 1. The molecule has 2 bridgehead atoms. The van der Waals surface area contributed by atoms with Crippen LogP contribution in [0, 0.1) is 18.6 Å². The number of carbonyl (C=O) groups excluding carboxylic acids is 1. The van der Waals surface area contributed by atoms with Crippen LogP contribution in [0.5, 0.6) is 0 Å². The van der Waals surface area contributed by atoms with Gasteiger partial charge in [0.15, 0.2) is 17.3 Å². The van der Waals surface area contributed by atoms with Gasteiger partial charge < -0.3 is 19.9 Å². The number of nitrogens with zero attached hydrogens (tertiary/aromatic N) is 7. The fraction of sp³-hybridized carbons (Fsp3) is 0.480. The van der Waals surface area contributed by atoms with E-state index in [2.05, 4.69) is 25.3 Å². The summed E-state index contributed by atoms with van der Waals surface area (Å²) < 4.78 is 35.0. The molecule has 3 aromatic heterocycles. The van der Waals surface area contributed by atoms with Crippen molar-refractivity contribution in [2.75, 3.05) is 23.3 Å². The summed E-state index contributed by atoms with van der Waals surface area (Å²) in [6.07, 6.45) is 3.21. The summed E-state index contributed by atoms with van der Waals surface area (Å²) in [4.78, 5) is 33.6. The molecule has 1 aromatic carbocycles. The largest absolute Gasteiger partial charge is 0.444 e. The molecular formula is C25H29F2N9O2. The van der Waals surface area contributed by atoms with Crippen molar-refractivity contribution in [1.82, 2.24) is 34.4 Å². The highest BCUT2D eigenvalue weighted by atomic mass is 19.2. The lowest BCUT2D eigenvalue weighted by Gasteiger charge is -2.41. The van der Waals surface area contributed by atoms with E-state index in [-0.39, 0.29) is 30.2 Å². The number of piperazine rings is 1. The molecule has 2 atom stereocenters. The van der Waals surface area contributed by atoms with Gasteiger partial charge in [0.1, 0.15) is 16.9 Å². The van der Waals surface area contributed by atoms with E-state index in [4.69, 9.17) is 14.7 Å². The molecule has 4 aromatic rings. The molecule has 2 fully saturated rings. The van der Waals surface area contributed by atoms with Crippen LogP contribution in [0.2, 0.25) is 0 Å². The van der Waals surface area contributed by atoms with Gasteiger partial charge in [0.25, 0.3) is 0 Å². The molecule has 13 heteroatoms. The van der Waals surface area contributed by atoms with Crippen molar-refractivity contribution in [3.8, 4) is 0 Å². The molecule has 2 aliphatic rings. The molecule has 11 nitrogen and oxygen atoms in total.